The number of nitrogens with one attached hydrogen (secondary N) is 1. The predicted molar refractivity (Wildman–Crippen MR) is 103 cm³/mol. The second-order valence-electron chi connectivity index (χ2n) is 5.74. The van der Waals surface area contributed by atoms with Crippen molar-refractivity contribution >= 4 is 51.8 Å². The van der Waals surface area contributed by atoms with Crippen molar-refractivity contribution in [3.05, 3.63) is 40.1 Å². The Bertz CT molecular complexity index is 770. The molecule has 1 fully saturated rings. The van der Waals surface area contributed by atoms with Crippen LogP contribution >= 0.6 is 40.7 Å². The third-order valence-electron chi connectivity index (χ3n) is 4.16. The number of aryl methyl sites for hydroxylation is 1. The van der Waals surface area contributed by atoms with Crippen LogP contribution in [-0.2, 0) is 6.54 Å². The number of hydrogen-bond donors (Lipinski definition) is 2. The van der Waals surface area contributed by atoms with Crippen molar-refractivity contribution in [2.24, 2.45) is 0 Å². The summed E-state index contributed by atoms with van der Waals surface area (Å²) < 4.78 is 29.7. The van der Waals surface area contributed by atoms with Crippen molar-refractivity contribution < 1.29 is 13.9 Å². The predicted octanol–water partition coefficient (Wildman–Crippen LogP) is 3.90. The SMILES string of the molecule is Cc1nc2cc(Br)c(F)c(F)c2n1C/C=C/[C@H]1NCCC[C@@H]1O.Cl.Cl. The molecule has 25 heavy (non-hydrogen) atoms. The standard InChI is InChI=1S/C16H18BrF2N3O.2ClH/c1-9-21-12-8-10(17)14(18)15(19)16(12)22(9)7-3-4-11-13(23)5-2-6-20-11;;/h3-4,8,11,13,20,23H,2,5-7H2,1H3;2*1H/b4-3+;;/t11-,13+;;/m1../s1. The van der Waals surface area contributed by atoms with E-state index < -0.39 is 17.7 Å². The summed E-state index contributed by atoms with van der Waals surface area (Å²) in [6.45, 7) is 2.99. The second-order valence-corrected chi connectivity index (χ2v) is 6.60. The molecule has 3 rings (SSSR count). The molecule has 0 aliphatic carbocycles. The first-order valence-corrected chi connectivity index (χ1v) is 8.36. The zero-order valence-corrected chi connectivity index (χ0v) is 16.7. The number of aliphatic hydroxyl groups excluding tert-OH is 1. The molecule has 1 aromatic carbocycles. The highest BCUT2D eigenvalue weighted by molar-refractivity contribution is 9.10. The Morgan fingerprint density at radius 1 is 1.40 bits per heavy atom. The van der Waals surface area contributed by atoms with E-state index in [1.165, 1.54) is 6.07 Å². The highest BCUT2D eigenvalue weighted by Crippen LogP contribution is 2.27. The molecule has 2 heterocycles. The summed E-state index contributed by atoms with van der Waals surface area (Å²) in [7, 11) is 0. The molecular weight excluding hydrogens is 439 g/mol. The van der Waals surface area contributed by atoms with Crippen LogP contribution in [0, 0.1) is 18.6 Å². The molecule has 0 amide bonds. The number of aromatic nitrogens is 2. The lowest BCUT2D eigenvalue weighted by Gasteiger charge is -2.26. The molecule has 2 N–H and O–H groups in total. The summed E-state index contributed by atoms with van der Waals surface area (Å²) in [6, 6.07) is 1.38. The maximum Gasteiger partial charge on any atom is 0.185 e. The van der Waals surface area contributed by atoms with Crippen LogP contribution in [0.2, 0.25) is 0 Å². The number of allylic oxidation sites excluding steroid dienone is 1. The van der Waals surface area contributed by atoms with E-state index >= 15 is 0 Å². The highest BCUT2D eigenvalue weighted by atomic mass is 79.9. The van der Waals surface area contributed by atoms with E-state index in [1.807, 2.05) is 12.2 Å². The van der Waals surface area contributed by atoms with E-state index in [9.17, 15) is 13.9 Å². The van der Waals surface area contributed by atoms with Gasteiger partial charge in [-0.05, 0) is 48.3 Å². The molecule has 9 heteroatoms. The first kappa shape index (κ1) is 22.3. The van der Waals surface area contributed by atoms with Crippen molar-refractivity contribution in [1.29, 1.82) is 0 Å². The number of halogens is 5. The minimum Gasteiger partial charge on any atom is -0.391 e. The van der Waals surface area contributed by atoms with Crippen molar-refractivity contribution in [2.75, 3.05) is 6.54 Å². The summed E-state index contributed by atoms with van der Waals surface area (Å²) in [5.41, 5.74) is 0.572. The summed E-state index contributed by atoms with van der Waals surface area (Å²) in [5.74, 6) is -1.20. The largest absolute Gasteiger partial charge is 0.391 e. The van der Waals surface area contributed by atoms with Gasteiger partial charge in [0.1, 0.15) is 11.3 Å². The van der Waals surface area contributed by atoms with Crippen LogP contribution in [0.25, 0.3) is 11.0 Å². The molecule has 0 radical (unpaired) electrons. The Labute approximate surface area is 165 Å². The fraction of sp³-hybridized carbons (Fsp3) is 0.438. The van der Waals surface area contributed by atoms with E-state index in [-0.39, 0.29) is 40.8 Å². The van der Waals surface area contributed by atoms with Gasteiger partial charge in [0.15, 0.2) is 11.6 Å². The van der Waals surface area contributed by atoms with Gasteiger partial charge in [0.2, 0.25) is 0 Å². The number of fused-ring (bicyclic) bond motifs is 1. The van der Waals surface area contributed by atoms with Crippen molar-refractivity contribution in [2.45, 2.75) is 38.5 Å². The number of benzene rings is 1. The molecule has 1 aliphatic heterocycles. The average Bonchev–Trinajstić information content (AvgIpc) is 2.83. The van der Waals surface area contributed by atoms with E-state index in [0.29, 0.717) is 17.9 Å². The zero-order chi connectivity index (χ0) is 16.6. The average molecular weight is 459 g/mol. The van der Waals surface area contributed by atoms with Gasteiger partial charge < -0.3 is 15.0 Å². The van der Waals surface area contributed by atoms with Crippen molar-refractivity contribution in [3.8, 4) is 0 Å². The van der Waals surface area contributed by atoms with Gasteiger partial charge in [-0.15, -0.1) is 24.8 Å². The first-order chi connectivity index (χ1) is 11.0. The third kappa shape index (κ3) is 4.52. The van der Waals surface area contributed by atoms with Gasteiger partial charge in [-0.3, -0.25) is 0 Å². The maximum absolute atomic E-state index is 14.2. The summed E-state index contributed by atoms with van der Waals surface area (Å²) in [5, 5.41) is 13.1. The van der Waals surface area contributed by atoms with Gasteiger partial charge in [-0.1, -0.05) is 12.2 Å². The van der Waals surface area contributed by atoms with Gasteiger partial charge in [0, 0.05) is 6.54 Å². The van der Waals surface area contributed by atoms with Gasteiger partial charge in [0.25, 0.3) is 0 Å². The van der Waals surface area contributed by atoms with E-state index in [4.69, 9.17) is 0 Å². The topological polar surface area (TPSA) is 50.1 Å². The molecule has 0 unspecified atom stereocenters. The fourth-order valence-corrected chi connectivity index (χ4v) is 3.33. The Morgan fingerprint density at radius 2 is 2.12 bits per heavy atom. The highest BCUT2D eigenvalue weighted by Gasteiger charge is 2.20. The molecule has 2 aromatic rings. The van der Waals surface area contributed by atoms with Gasteiger partial charge in [0.05, 0.1) is 22.1 Å². The maximum atomic E-state index is 14.2. The van der Waals surface area contributed by atoms with Crippen LogP contribution in [-0.4, -0.2) is 33.3 Å². The molecule has 4 nitrogen and oxygen atoms in total. The molecule has 140 valence electrons. The third-order valence-corrected chi connectivity index (χ3v) is 4.74. The molecule has 1 aromatic heterocycles. The number of rotatable bonds is 3. The minimum atomic E-state index is -0.910. The smallest absolute Gasteiger partial charge is 0.185 e. The number of imidazole rings is 1. The molecular formula is C16H20BrCl2F2N3O. The van der Waals surface area contributed by atoms with Crippen LogP contribution in [0.1, 0.15) is 18.7 Å². The second kappa shape index (κ2) is 9.28. The van der Waals surface area contributed by atoms with Crippen molar-refractivity contribution in [1.82, 2.24) is 14.9 Å². The van der Waals surface area contributed by atoms with Crippen LogP contribution < -0.4 is 5.32 Å². The minimum absolute atomic E-state index is 0. The number of hydrogen-bond acceptors (Lipinski definition) is 3. The van der Waals surface area contributed by atoms with E-state index in [0.717, 1.165) is 19.4 Å². The normalized spacial score (nSPS) is 20.5. The van der Waals surface area contributed by atoms with Gasteiger partial charge in [-0.2, -0.15) is 0 Å². The van der Waals surface area contributed by atoms with Crippen LogP contribution in [0.15, 0.2) is 22.7 Å². The molecule has 0 saturated carbocycles. The summed E-state index contributed by atoms with van der Waals surface area (Å²) in [4.78, 5) is 4.28. The monoisotopic (exact) mass is 457 g/mol. The lowest BCUT2D eigenvalue weighted by molar-refractivity contribution is 0.115. The first-order valence-electron chi connectivity index (χ1n) is 7.57. The Kier molecular flexibility index (Phi) is 8.28. The van der Waals surface area contributed by atoms with Gasteiger partial charge >= 0.3 is 0 Å². The molecule has 1 aliphatic rings. The van der Waals surface area contributed by atoms with Crippen molar-refractivity contribution in [3.63, 3.8) is 0 Å². The Hall–Kier alpha value is -0.730. The molecule has 1 saturated heterocycles. The van der Waals surface area contributed by atoms with E-state index in [1.54, 1.807) is 11.5 Å². The quantitative estimate of drug-likeness (QED) is 0.541. The lowest BCUT2D eigenvalue weighted by atomic mass is 10.0. The summed E-state index contributed by atoms with van der Waals surface area (Å²) in [6.07, 6.45) is 5.03. The van der Waals surface area contributed by atoms with Crippen LogP contribution in [0.4, 0.5) is 8.78 Å². The Morgan fingerprint density at radius 3 is 2.80 bits per heavy atom. The van der Waals surface area contributed by atoms with E-state index in [2.05, 4.69) is 26.2 Å². The Balaban J connectivity index is 0.00000156. The number of nitrogens with zero attached hydrogens (tertiary/aromatic N) is 2. The molecule has 0 spiro atoms. The number of piperidine rings is 1. The van der Waals surface area contributed by atoms with Crippen LogP contribution in [0.3, 0.4) is 0 Å². The van der Waals surface area contributed by atoms with Crippen LogP contribution in [0.5, 0.6) is 0 Å². The fourth-order valence-electron chi connectivity index (χ4n) is 2.94. The molecule has 2 atom stereocenters. The zero-order valence-electron chi connectivity index (χ0n) is 13.5. The summed E-state index contributed by atoms with van der Waals surface area (Å²) >= 11 is 3.00. The van der Waals surface area contributed by atoms with Gasteiger partial charge in [-0.25, -0.2) is 13.8 Å². The lowest BCUT2D eigenvalue weighted by Crippen LogP contribution is -2.43. The number of aliphatic hydroxyl groups is 1. The molecule has 0 bridgehead atoms.